The van der Waals surface area contributed by atoms with Gasteiger partial charge < -0.3 is 10.0 Å². The third-order valence-corrected chi connectivity index (χ3v) is 3.05. The maximum Gasteiger partial charge on any atom is 0.256 e. The molecule has 0 saturated heterocycles. The zero-order chi connectivity index (χ0) is 13.9. The predicted molar refractivity (Wildman–Crippen MR) is 74.3 cm³/mol. The number of carbonyl (C=O) groups is 1. The number of rotatable bonds is 4. The van der Waals surface area contributed by atoms with Gasteiger partial charge >= 0.3 is 0 Å². The standard InChI is InChI=1S/C13H17Cl2NO2/c1-4-16(8-13(2,3)18)12(17)11-9(14)6-5-7-10(11)15/h5-7,18H,4,8H2,1-3H3. The van der Waals surface area contributed by atoms with Crippen LogP contribution in [0.5, 0.6) is 0 Å². The molecule has 0 aromatic heterocycles. The summed E-state index contributed by atoms with van der Waals surface area (Å²) in [7, 11) is 0. The number of amides is 1. The van der Waals surface area contributed by atoms with Gasteiger partial charge in [0.05, 0.1) is 21.2 Å². The Morgan fingerprint density at radius 3 is 2.22 bits per heavy atom. The third kappa shape index (κ3) is 3.87. The topological polar surface area (TPSA) is 40.5 Å². The molecule has 18 heavy (non-hydrogen) atoms. The molecule has 0 saturated carbocycles. The van der Waals surface area contributed by atoms with Gasteiger partial charge in [-0.2, -0.15) is 0 Å². The van der Waals surface area contributed by atoms with Crippen LogP contribution < -0.4 is 0 Å². The van der Waals surface area contributed by atoms with Gasteiger partial charge in [0.25, 0.3) is 5.91 Å². The van der Waals surface area contributed by atoms with Crippen LogP contribution in [0, 0.1) is 0 Å². The molecular weight excluding hydrogens is 273 g/mol. The Hall–Kier alpha value is -0.770. The highest BCUT2D eigenvalue weighted by molar-refractivity contribution is 6.39. The summed E-state index contributed by atoms with van der Waals surface area (Å²) >= 11 is 12.0. The van der Waals surface area contributed by atoms with Crippen LogP contribution in [0.2, 0.25) is 10.0 Å². The first-order chi connectivity index (χ1) is 8.26. The first kappa shape index (κ1) is 15.3. The zero-order valence-corrected chi connectivity index (χ0v) is 12.2. The van der Waals surface area contributed by atoms with Gasteiger partial charge in [-0.25, -0.2) is 0 Å². The van der Waals surface area contributed by atoms with Gasteiger partial charge in [0.15, 0.2) is 0 Å². The molecule has 5 heteroatoms. The van der Waals surface area contributed by atoms with E-state index < -0.39 is 5.60 Å². The van der Waals surface area contributed by atoms with Crippen LogP contribution in [0.4, 0.5) is 0 Å². The highest BCUT2D eigenvalue weighted by atomic mass is 35.5. The van der Waals surface area contributed by atoms with Crippen molar-refractivity contribution in [3.8, 4) is 0 Å². The van der Waals surface area contributed by atoms with E-state index in [-0.39, 0.29) is 18.0 Å². The summed E-state index contributed by atoms with van der Waals surface area (Å²) < 4.78 is 0. The lowest BCUT2D eigenvalue weighted by atomic mass is 10.1. The summed E-state index contributed by atoms with van der Waals surface area (Å²) in [6.45, 7) is 5.84. The lowest BCUT2D eigenvalue weighted by molar-refractivity contribution is 0.0315. The van der Waals surface area contributed by atoms with Gasteiger partial charge in [0, 0.05) is 13.1 Å². The summed E-state index contributed by atoms with van der Waals surface area (Å²) in [5.74, 6) is -0.268. The van der Waals surface area contributed by atoms with Crippen LogP contribution in [0.25, 0.3) is 0 Å². The number of likely N-dealkylation sites (N-methyl/N-ethyl adjacent to an activating group) is 1. The summed E-state index contributed by atoms with van der Waals surface area (Å²) in [5, 5.41) is 10.4. The van der Waals surface area contributed by atoms with Gasteiger partial charge in [0.1, 0.15) is 0 Å². The molecule has 0 unspecified atom stereocenters. The fourth-order valence-electron chi connectivity index (χ4n) is 1.65. The summed E-state index contributed by atoms with van der Waals surface area (Å²) in [6, 6.07) is 4.94. The minimum Gasteiger partial charge on any atom is -0.389 e. The zero-order valence-electron chi connectivity index (χ0n) is 10.7. The second-order valence-electron chi connectivity index (χ2n) is 4.73. The molecule has 1 aromatic rings. The Morgan fingerprint density at radius 1 is 1.33 bits per heavy atom. The molecule has 0 atom stereocenters. The van der Waals surface area contributed by atoms with Gasteiger partial charge in [0.2, 0.25) is 0 Å². The first-order valence-electron chi connectivity index (χ1n) is 5.72. The van der Waals surface area contributed by atoms with Crippen LogP contribution in [-0.4, -0.2) is 34.6 Å². The minimum atomic E-state index is -0.959. The second-order valence-corrected chi connectivity index (χ2v) is 5.54. The molecule has 0 aliphatic rings. The van der Waals surface area contributed by atoms with Gasteiger partial charge in [-0.15, -0.1) is 0 Å². The molecular formula is C13H17Cl2NO2. The Kier molecular flexibility index (Phi) is 5.02. The van der Waals surface area contributed by atoms with E-state index in [9.17, 15) is 9.90 Å². The summed E-state index contributed by atoms with van der Waals surface area (Å²) in [5.41, 5.74) is -0.675. The number of hydrogen-bond acceptors (Lipinski definition) is 2. The second kappa shape index (κ2) is 5.91. The Labute approximate surface area is 117 Å². The molecule has 0 spiro atoms. The fraction of sp³-hybridized carbons (Fsp3) is 0.462. The Balaban J connectivity index is 3.04. The molecule has 0 radical (unpaired) electrons. The molecule has 1 amide bonds. The van der Waals surface area contributed by atoms with E-state index in [0.29, 0.717) is 16.6 Å². The average molecular weight is 290 g/mol. The van der Waals surface area contributed by atoms with E-state index in [1.807, 2.05) is 6.92 Å². The van der Waals surface area contributed by atoms with Crippen molar-refractivity contribution in [3.05, 3.63) is 33.8 Å². The predicted octanol–water partition coefficient (Wildman–Crippen LogP) is 3.23. The maximum absolute atomic E-state index is 12.3. The lowest BCUT2D eigenvalue weighted by Crippen LogP contribution is -2.42. The Morgan fingerprint density at radius 2 is 1.83 bits per heavy atom. The van der Waals surface area contributed by atoms with Crippen LogP contribution in [0.3, 0.4) is 0 Å². The number of carbonyl (C=O) groups excluding carboxylic acids is 1. The van der Waals surface area contributed by atoms with Crippen molar-refractivity contribution in [2.24, 2.45) is 0 Å². The molecule has 1 aromatic carbocycles. The van der Waals surface area contributed by atoms with E-state index >= 15 is 0 Å². The maximum atomic E-state index is 12.3. The van der Waals surface area contributed by atoms with Crippen LogP contribution in [0.15, 0.2) is 18.2 Å². The smallest absolute Gasteiger partial charge is 0.256 e. The van der Waals surface area contributed by atoms with E-state index in [4.69, 9.17) is 23.2 Å². The van der Waals surface area contributed by atoms with Crippen molar-refractivity contribution in [1.29, 1.82) is 0 Å². The Bertz CT molecular complexity index is 421. The van der Waals surface area contributed by atoms with E-state index in [0.717, 1.165) is 0 Å². The molecule has 3 nitrogen and oxygen atoms in total. The van der Waals surface area contributed by atoms with Crippen molar-refractivity contribution in [2.75, 3.05) is 13.1 Å². The average Bonchev–Trinajstić information content (AvgIpc) is 2.24. The SMILES string of the molecule is CCN(CC(C)(C)O)C(=O)c1c(Cl)cccc1Cl. The number of hydrogen-bond donors (Lipinski definition) is 1. The summed E-state index contributed by atoms with van der Waals surface area (Å²) in [4.78, 5) is 13.9. The van der Waals surface area contributed by atoms with Gasteiger partial charge in [-0.1, -0.05) is 29.3 Å². The molecule has 0 aliphatic heterocycles. The molecule has 1 N–H and O–H groups in total. The van der Waals surface area contributed by atoms with Crippen molar-refractivity contribution >= 4 is 29.1 Å². The normalized spacial score (nSPS) is 11.4. The molecule has 0 fully saturated rings. The van der Waals surface area contributed by atoms with E-state index in [2.05, 4.69) is 0 Å². The number of aliphatic hydroxyl groups is 1. The van der Waals surface area contributed by atoms with E-state index in [1.165, 1.54) is 4.90 Å². The molecule has 100 valence electrons. The van der Waals surface area contributed by atoms with Gasteiger partial charge in [-0.05, 0) is 32.9 Å². The fourth-order valence-corrected chi connectivity index (χ4v) is 2.21. The summed E-state index contributed by atoms with van der Waals surface area (Å²) in [6.07, 6.45) is 0. The quantitative estimate of drug-likeness (QED) is 0.925. The van der Waals surface area contributed by atoms with Crippen LogP contribution >= 0.6 is 23.2 Å². The van der Waals surface area contributed by atoms with Crippen molar-refractivity contribution in [2.45, 2.75) is 26.4 Å². The minimum absolute atomic E-state index is 0.226. The lowest BCUT2D eigenvalue weighted by Gasteiger charge is -2.28. The first-order valence-corrected chi connectivity index (χ1v) is 6.47. The number of nitrogens with zero attached hydrogens (tertiary/aromatic N) is 1. The molecule has 0 aliphatic carbocycles. The van der Waals surface area contributed by atoms with Crippen LogP contribution in [-0.2, 0) is 0 Å². The van der Waals surface area contributed by atoms with Crippen molar-refractivity contribution in [1.82, 2.24) is 4.90 Å². The molecule has 0 heterocycles. The molecule has 0 bridgehead atoms. The highest BCUT2D eigenvalue weighted by Gasteiger charge is 2.25. The highest BCUT2D eigenvalue weighted by Crippen LogP contribution is 2.26. The van der Waals surface area contributed by atoms with Crippen LogP contribution in [0.1, 0.15) is 31.1 Å². The molecule has 1 rings (SSSR count). The van der Waals surface area contributed by atoms with Gasteiger partial charge in [-0.3, -0.25) is 4.79 Å². The number of halogens is 2. The van der Waals surface area contributed by atoms with E-state index in [1.54, 1.807) is 32.0 Å². The monoisotopic (exact) mass is 289 g/mol. The van der Waals surface area contributed by atoms with Crippen molar-refractivity contribution in [3.63, 3.8) is 0 Å². The third-order valence-electron chi connectivity index (χ3n) is 2.42. The number of benzene rings is 1. The van der Waals surface area contributed by atoms with Crippen molar-refractivity contribution < 1.29 is 9.90 Å². The largest absolute Gasteiger partial charge is 0.389 e.